The van der Waals surface area contributed by atoms with Crippen LogP contribution in [0.15, 0.2) is 84.9 Å². The number of fused-ring (bicyclic) bond motifs is 1. The third-order valence-electron chi connectivity index (χ3n) is 5.43. The summed E-state index contributed by atoms with van der Waals surface area (Å²) in [7, 11) is 2.05. The predicted molar refractivity (Wildman–Crippen MR) is 123 cm³/mol. The van der Waals surface area contributed by atoms with Gasteiger partial charge in [0.2, 0.25) is 0 Å². The fourth-order valence-corrected chi connectivity index (χ4v) is 4.67. The van der Waals surface area contributed by atoms with Gasteiger partial charge in [0.05, 0.1) is 23.3 Å². The van der Waals surface area contributed by atoms with Gasteiger partial charge >= 0.3 is 0 Å². The molecule has 0 bridgehead atoms. The van der Waals surface area contributed by atoms with Crippen LogP contribution in [0.5, 0.6) is 0 Å². The number of benzene rings is 3. The van der Waals surface area contributed by atoms with Gasteiger partial charge in [0.15, 0.2) is 11.6 Å². The van der Waals surface area contributed by atoms with Gasteiger partial charge in [0, 0.05) is 0 Å². The number of nitrogens with zero attached hydrogens (tertiary/aromatic N) is 1. The number of carbonyl (C=O) groups excluding carboxylic acids is 1. The molecule has 152 valence electrons. The predicted octanol–water partition coefficient (Wildman–Crippen LogP) is 3.78. The Bertz CT molecular complexity index is 1040. The van der Waals surface area contributed by atoms with Crippen molar-refractivity contribution < 1.29 is 9.69 Å². The maximum Gasteiger partial charge on any atom is 0.275 e. The molecule has 3 aromatic carbocycles. The third-order valence-corrected chi connectivity index (χ3v) is 6.65. The summed E-state index contributed by atoms with van der Waals surface area (Å²) < 4.78 is 1.19. The number of aromatic nitrogens is 1. The van der Waals surface area contributed by atoms with E-state index in [2.05, 4.69) is 49.6 Å². The summed E-state index contributed by atoms with van der Waals surface area (Å²) in [5.74, 6) is 0.0261. The quantitative estimate of drug-likeness (QED) is 0.482. The van der Waals surface area contributed by atoms with Crippen molar-refractivity contribution in [3.05, 3.63) is 101 Å². The van der Waals surface area contributed by atoms with E-state index in [1.54, 1.807) is 11.3 Å². The minimum atomic E-state index is -0.162. The van der Waals surface area contributed by atoms with Crippen molar-refractivity contribution in [3.63, 3.8) is 0 Å². The van der Waals surface area contributed by atoms with Gasteiger partial charge in [0.1, 0.15) is 6.04 Å². The van der Waals surface area contributed by atoms with E-state index in [0.29, 0.717) is 6.54 Å². The van der Waals surface area contributed by atoms with E-state index < -0.39 is 0 Å². The van der Waals surface area contributed by atoms with Crippen molar-refractivity contribution >= 4 is 27.5 Å². The summed E-state index contributed by atoms with van der Waals surface area (Å²) >= 11 is 1.70. The zero-order valence-electron chi connectivity index (χ0n) is 17.2. The number of para-hydroxylation sites is 1. The minimum absolute atomic E-state index is 0.0261. The fraction of sp³-hybridized carbons (Fsp3) is 0.200. The van der Waals surface area contributed by atoms with Crippen molar-refractivity contribution in [1.82, 2.24) is 10.3 Å². The molecule has 0 spiro atoms. The topological polar surface area (TPSA) is 46.4 Å². The first-order valence-electron chi connectivity index (χ1n) is 10.2. The smallest absolute Gasteiger partial charge is 0.275 e. The van der Waals surface area contributed by atoms with Gasteiger partial charge in [-0.1, -0.05) is 72.8 Å². The van der Waals surface area contributed by atoms with E-state index in [1.165, 1.54) is 4.70 Å². The Balaban J connectivity index is 1.47. The number of hydrogen-bond acceptors (Lipinski definition) is 3. The van der Waals surface area contributed by atoms with Crippen molar-refractivity contribution in [2.75, 3.05) is 13.6 Å². The maximum absolute atomic E-state index is 13.0. The number of likely N-dealkylation sites (N-methyl/N-ethyl adjacent to an activating group) is 1. The van der Waals surface area contributed by atoms with Crippen LogP contribution in [0, 0.1) is 0 Å². The van der Waals surface area contributed by atoms with E-state index in [4.69, 9.17) is 4.98 Å². The number of carbonyl (C=O) groups is 1. The Morgan fingerprint density at radius 1 is 0.933 bits per heavy atom. The second kappa shape index (κ2) is 9.20. The molecule has 0 aliphatic rings. The van der Waals surface area contributed by atoms with Crippen LogP contribution in [0.2, 0.25) is 0 Å². The summed E-state index contributed by atoms with van der Waals surface area (Å²) in [6.45, 7) is 2.51. The van der Waals surface area contributed by atoms with Crippen LogP contribution in [0.1, 0.15) is 35.1 Å². The molecule has 1 aromatic heterocycles. The standard InChI is InChI=1S/C25H25N3OS/c1-18(25-26-21-15-9-10-16-22(21)30-25)28(2)17-23(29)27-24(19-11-5-3-6-12-19)20-13-7-4-8-14-20/h3-16,18,24H,17H2,1-2H3,(H,27,29)/p+1/t18-/m1/s1. The lowest BCUT2D eigenvalue weighted by Gasteiger charge is -2.23. The Kier molecular flexibility index (Phi) is 6.21. The molecule has 5 heteroatoms. The molecule has 4 aromatic rings. The van der Waals surface area contributed by atoms with Gasteiger partial charge in [-0.05, 0) is 30.2 Å². The van der Waals surface area contributed by atoms with Crippen molar-refractivity contribution in [2.45, 2.75) is 19.0 Å². The van der Waals surface area contributed by atoms with E-state index in [9.17, 15) is 4.79 Å². The molecule has 4 nitrogen and oxygen atoms in total. The molecule has 2 atom stereocenters. The van der Waals surface area contributed by atoms with Gasteiger partial charge in [-0.2, -0.15) is 0 Å². The highest BCUT2D eigenvalue weighted by atomic mass is 32.1. The Morgan fingerprint density at radius 2 is 1.50 bits per heavy atom. The molecule has 1 heterocycles. The molecule has 1 unspecified atom stereocenters. The average molecular weight is 417 g/mol. The van der Waals surface area contributed by atoms with E-state index >= 15 is 0 Å². The lowest BCUT2D eigenvalue weighted by molar-refractivity contribution is -0.902. The molecule has 0 radical (unpaired) electrons. The van der Waals surface area contributed by atoms with Crippen molar-refractivity contribution in [2.24, 2.45) is 0 Å². The zero-order valence-corrected chi connectivity index (χ0v) is 18.0. The van der Waals surface area contributed by atoms with Gasteiger partial charge < -0.3 is 10.2 Å². The van der Waals surface area contributed by atoms with E-state index in [0.717, 1.165) is 26.6 Å². The summed E-state index contributed by atoms with van der Waals surface area (Å²) in [5.41, 5.74) is 3.18. The number of thiazole rings is 1. The normalized spacial score (nSPS) is 13.3. The summed E-state index contributed by atoms with van der Waals surface area (Å²) in [6, 6.07) is 28.4. The Labute approximate surface area is 181 Å². The van der Waals surface area contributed by atoms with Crippen LogP contribution in [-0.4, -0.2) is 24.5 Å². The molecule has 2 N–H and O–H groups in total. The highest BCUT2D eigenvalue weighted by Gasteiger charge is 2.24. The summed E-state index contributed by atoms with van der Waals surface area (Å²) in [4.78, 5) is 18.8. The second-order valence-electron chi connectivity index (χ2n) is 7.59. The van der Waals surface area contributed by atoms with Crippen LogP contribution in [0.3, 0.4) is 0 Å². The average Bonchev–Trinajstić information content (AvgIpc) is 3.22. The first kappa shape index (κ1) is 20.3. The Morgan fingerprint density at radius 3 is 2.10 bits per heavy atom. The highest BCUT2D eigenvalue weighted by Crippen LogP contribution is 2.25. The number of quaternary nitrogens is 1. The molecular formula is C25H26N3OS+. The summed E-state index contributed by atoms with van der Waals surface area (Å²) in [6.07, 6.45) is 0. The lowest BCUT2D eigenvalue weighted by atomic mass is 9.99. The second-order valence-corrected chi connectivity index (χ2v) is 8.65. The molecule has 1 amide bonds. The van der Waals surface area contributed by atoms with Crippen LogP contribution < -0.4 is 10.2 Å². The van der Waals surface area contributed by atoms with Gasteiger partial charge in [-0.15, -0.1) is 11.3 Å². The first-order chi connectivity index (χ1) is 14.6. The molecular weight excluding hydrogens is 390 g/mol. The van der Waals surface area contributed by atoms with Gasteiger partial charge in [-0.25, -0.2) is 4.98 Å². The van der Waals surface area contributed by atoms with Gasteiger partial charge in [-0.3, -0.25) is 4.79 Å². The van der Waals surface area contributed by atoms with E-state index in [-0.39, 0.29) is 18.0 Å². The van der Waals surface area contributed by atoms with Gasteiger partial charge in [0.25, 0.3) is 5.91 Å². The van der Waals surface area contributed by atoms with Crippen LogP contribution >= 0.6 is 11.3 Å². The lowest BCUT2D eigenvalue weighted by Crippen LogP contribution is -3.10. The van der Waals surface area contributed by atoms with Crippen molar-refractivity contribution in [3.8, 4) is 0 Å². The molecule has 0 aliphatic heterocycles. The highest BCUT2D eigenvalue weighted by molar-refractivity contribution is 7.18. The third kappa shape index (κ3) is 4.58. The Hall–Kier alpha value is -3.02. The SMILES string of the molecule is C[C@H](c1nc2ccccc2s1)[NH+](C)CC(=O)NC(c1ccccc1)c1ccccc1. The zero-order chi connectivity index (χ0) is 20.9. The minimum Gasteiger partial charge on any atom is -0.340 e. The molecule has 0 aliphatic carbocycles. The number of nitrogens with one attached hydrogen (secondary N) is 2. The number of hydrogen-bond donors (Lipinski definition) is 2. The van der Waals surface area contributed by atoms with Crippen LogP contribution in [0.25, 0.3) is 10.2 Å². The molecule has 30 heavy (non-hydrogen) atoms. The molecule has 0 fully saturated rings. The first-order valence-corrected chi connectivity index (χ1v) is 11.0. The number of amides is 1. The maximum atomic E-state index is 13.0. The molecule has 0 saturated carbocycles. The summed E-state index contributed by atoms with van der Waals surface area (Å²) in [5, 5.41) is 4.30. The largest absolute Gasteiger partial charge is 0.340 e. The molecule has 4 rings (SSSR count). The fourth-order valence-electron chi connectivity index (χ4n) is 3.55. The van der Waals surface area contributed by atoms with E-state index in [1.807, 2.05) is 54.6 Å². The monoisotopic (exact) mass is 416 g/mol. The molecule has 0 saturated heterocycles. The van der Waals surface area contributed by atoms with Crippen molar-refractivity contribution in [1.29, 1.82) is 0 Å². The van der Waals surface area contributed by atoms with Crippen LogP contribution in [0.4, 0.5) is 0 Å². The number of rotatable bonds is 7. The van der Waals surface area contributed by atoms with Crippen LogP contribution in [-0.2, 0) is 4.79 Å².